The summed E-state index contributed by atoms with van der Waals surface area (Å²) in [5, 5.41) is 8.93. The van der Waals surface area contributed by atoms with Gasteiger partial charge in [0.25, 0.3) is 0 Å². The maximum Gasteiger partial charge on any atom is 0.233 e. The Morgan fingerprint density at radius 3 is 2.77 bits per heavy atom. The average molecular weight is 336 g/mol. The van der Waals surface area contributed by atoms with Crippen LogP contribution in [0.25, 0.3) is 0 Å². The molecule has 1 amide bonds. The van der Waals surface area contributed by atoms with Crippen LogP contribution in [0.15, 0.2) is 28.7 Å². The molecule has 2 aromatic rings. The zero-order chi connectivity index (χ0) is 15.9. The van der Waals surface area contributed by atoms with Gasteiger partial charge in [-0.15, -0.1) is 10.2 Å². The third-order valence-electron chi connectivity index (χ3n) is 2.84. The molecule has 0 atom stereocenters. The lowest BCUT2D eigenvalue weighted by atomic mass is 10.2. The molecule has 2 heterocycles. The molecule has 0 saturated heterocycles. The van der Waals surface area contributed by atoms with Crippen molar-refractivity contribution >= 4 is 29.0 Å². The summed E-state index contributed by atoms with van der Waals surface area (Å²) in [6.07, 6.45) is 1.76. The topological polar surface area (TPSA) is 59.0 Å². The summed E-state index contributed by atoms with van der Waals surface area (Å²) in [6, 6.07) is 5.77. The second kappa shape index (κ2) is 8.24. The van der Waals surface area contributed by atoms with Crippen LogP contribution >= 0.6 is 23.1 Å². The van der Waals surface area contributed by atoms with E-state index >= 15 is 0 Å². The molecule has 0 aliphatic carbocycles. The van der Waals surface area contributed by atoms with Gasteiger partial charge in [0.15, 0.2) is 4.34 Å². The monoisotopic (exact) mass is 336 g/mol. The number of aromatic nitrogens is 3. The second-order valence-electron chi connectivity index (χ2n) is 5.36. The minimum atomic E-state index is 0.109. The summed E-state index contributed by atoms with van der Waals surface area (Å²) in [5.41, 5.74) is 0.910. The molecule has 0 saturated carbocycles. The van der Waals surface area contributed by atoms with Crippen molar-refractivity contribution in [3.05, 3.63) is 35.1 Å². The number of carbonyl (C=O) groups is 1. The molecule has 22 heavy (non-hydrogen) atoms. The first kappa shape index (κ1) is 16.9. The van der Waals surface area contributed by atoms with Gasteiger partial charge in [-0.25, -0.2) is 0 Å². The molecular weight excluding hydrogens is 316 g/mol. The van der Waals surface area contributed by atoms with Crippen LogP contribution < -0.4 is 0 Å². The average Bonchev–Trinajstić information content (AvgIpc) is 2.90. The molecule has 2 aromatic heterocycles. The molecular formula is C15H20N4OS2. The fourth-order valence-corrected chi connectivity index (χ4v) is 3.65. The second-order valence-corrected chi connectivity index (χ2v) is 7.77. The molecule has 7 heteroatoms. The van der Waals surface area contributed by atoms with Gasteiger partial charge < -0.3 is 4.90 Å². The van der Waals surface area contributed by atoms with E-state index in [9.17, 15) is 4.79 Å². The van der Waals surface area contributed by atoms with Gasteiger partial charge in [0, 0.05) is 12.7 Å². The number of nitrogens with zero attached hydrogens (tertiary/aromatic N) is 4. The van der Waals surface area contributed by atoms with E-state index in [1.807, 2.05) is 30.0 Å². The molecule has 5 nitrogen and oxygen atoms in total. The van der Waals surface area contributed by atoms with Crippen LogP contribution in [0.3, 0.4) is 0 Å². The minimum absolute atomic E-state index is 0.109. The van der Waals surface area contributed by atoms with Crippen LogP contribution in [0.1, 0.15) is 24.5 Å². The SMILES string of the molecule is Cc1nnc(SCC(=O)N(Cc2ccccn2)CC(C)C)s1. The first-order chi connectivity index (χ1) is 10.5. The highest BCUT2D eigenvalue weighted by Gasteiger charge is 2.17. The summed E-state index contributed by atoms with van der Waals surface area (Å²) >= 11 is 2.97. The lowest BCUT2D eigenvalue weighted by Gasteiger charge is -2.24. The van der Waals surface area contributed by atoms with Gasteiger partial charge in [0.1, 0.15) is 5.01 Å². The highest BCUT2D eigenvalue weighted by Crippen LogP contribution is 2.22. The molecule has 0 bridgehead atoms. The van der Waals surface area contributed by atoms with Gasteiger partial charge >= 0.3 is 0 Å². The molecule has 118 valence electrons. The molecule has 0 aromatic carbocycles. The Morgan fingerprint density at radius 2 is 2.18 bits per heavy atom. The molecule has 0 fully saturated rings. The Hall–Kier alpha value is -1.47. The summed E-state index contributed by atoms with van der Waals surface area (Å²) in [7, 11) is 0. The quantitative estimate of drug-likeness (QED) is 0.727. The maximum atomic E-state index is 12.5. The van der Waals surface area contributed by atoms with Crippen molar-refractivity contribution in [2.75, 3.05) is 12.3 Å². The minimum Gasteiger partial charge on any atom is -0.336 e. The van der Waals surface area contributed by atoms with Crippen LogP contribution in [0.4, 0.5) is 0 Å². The Bertz CT molecular complexity index is 601. The molecule has 0 aliphatic heterocycles. The van der Waals surface area contributed by atoms with Gasteiger partial charge in [-0.2, -0.15) is 0 Å². The number of thioether (sulfide) groups is 1. The first-order valence-electron chi connectivity index (χ1n) is 7.15. The van der Waals surface area contributed by atoms with Gasteiger partial charge in [-0.3, -0.25) is 9.78 Å². The number of amides is 1. The first-order valence-corrected chi connectivity index (χ1v) is 8.95. The fourth-order valence-electron chi connectivity index (χ4n) is 1.93. The maximum absolute atomic E-state index is 12.5. The number of aryl methyl sites for hydroxylation is 1. The normalized spacial score (nSPS) is 10.9. The summed E-state index contributed by atoms with van der Waals surface area (Å²) in [6.45, 7) is 7.41. The van der Waals surface area contributed by atoms with E-state index < -0.39 is 0 Å². The van der Waals surface area contributed by atoms with E-state index in [1.165, 1.54) is 23.1 Å². The number of pyridine rings is 1. The van der Waals surface area contributed by atoms with Crippen LogP contribution in [0.2, 0.25) is 0 Å². The zero-order valence-electron chi connectivity index (χ0n) is 13.0. The third-order valence-corrected chi connectivity index (χ3v) is 4.80. The fraction of sp³-hybridized carbons (Fsp3) is 0.467. The summed E-state index contributed by atoms with van der Waals surface area (Å²) < 4.78 is 0.841. The lowest BCUT2D eigenvalue weighted by molar-refractivity contribution is -0.129. The predicted molar refractivity (Wildman–Crippen MR) is 89.9 cm³/mol. The predicted octanol–water partition coefficient (Wildman–Crippen LogP) is 3.02. The van der Waals surface area contributed by atoms with Crippen LogP contribution in [0, 0.1) is 12.8 Å². The highest BCUT2D eigenvalue weighted by atomic mass is 32.2. The van der Waals surface area contributed by atoms with Crippen molar-refractivity contribution in [3.63, 3.8) is 0 Å². The van der Waals surface area contributed by atoms with E-state index in [0.29, 0.717) is 18.2 Å². The van der Waals surface area contributed by atoms with Gasteiger partial charge in [0.2, 0.25) is 5.91 Å². The number of hydrogen-bond acceptors (Lipinski definition) is 6. The van der Waals surface area contributed by atoms with Crippen LogP contribution in [0.5, 0.6) is 0 Å². The van der Waals surface area contributed by atoms with Crippen molar-refractivity contribution < 1.29 is 4.79 Å². The Morgan fingerprint density at radius 1 is 1.36 bits per heavy atom. The van der Waals surface area contributed by atoms with E-state index in [4.69, 9.17) is 0 Å². The summed E-state index contributed by atoms with van der Waals surface area (Å²) in [4.78, 5) is 18.7. The van der Waals surface area contributed by atoms with Crippen LogP contribution in [-0.2, 0) is 11.3 Å². The summed E-state index contributed by atoms with van der Waals surface area (Å²) in [5.74, 6) is 0.910. The smallest absolute Gasteiger partial charge is 0.233 e. The Labute approximate surface area is 139 Å². The molecule has 0 unspecified atom stereocenters. The van der Waals surface area contributed by atoms with Gasteiger partial charge in [-0.05, 0) is 25.0 Å². The zero-order valence-corrected chi connectivity index (χ0v) is 14.7. The Balaban J connectivity index is 1.96. The molecule has 2 rings (SSSR count). The Kier molecular flexibility index (Phi) is 6.33. The molecule has 0 radical (unpaired) electrons. The molecule has 0 aliphatic rings. The highest BCUT2D eigenvalue weighted by molar-refractivity contribution is 8.01. The van der Waals surface area contributed by atoms with Gasteiger partial charge in [0.05, 0.1) is 18.0 Å². The number of hydrogen-bond donors (Lipinski definition) is 0. The van der Waals surface area contributed by atoms with Crippen molar-refractivity contribution in [1.29, 1.82) is 0 Å². The lowest BCUT2D eigenvalue weighted by Crippen LogP contribution is -2.35. The van der Waals surface area contributed by atoms with Crippen molar-refractivity contribution in [1.82, 2.24) is 20.1 Å². The largest absolute Gasteiger partial charge is 0.336 e. The standard InChI is InChI=1S/C15H20N4OS2/c1-11(2)8-19(9-13-6-4-5-7-16-13)14(20)10-21-15-18-17-12(3)22-15/h4-7,11H,8-10H2,1-3H3. The van der Waals surface area contributed by atoms with E-state index in [-0.39, 0.29) is 5.91 Å². The van der Waals surface area contributed by atoms with E-state index in [1.54, 1.807) is 6.20 Å². The van der Waals surface area contributed by atoms with Gasteiger partial charge in [-0.1, -0.05) is 43.0 Å². The van der Waals surface area contributed by atoms with Crippen molar-refractivity contribution in [2.24, 2.45) is 5.92 Å². The van der Waals surface area contributed by atoms with Crippen LogP contribution in [-0.4, -0.2) is 38.3 Å². The van der Waals surface area contributed by atoms with E-state index in [0.717, 1.165) is 21.6 Å². The van der Waals surface area contributed by atoms with Crippen molar-refractivity contribution in [3.8, 4) is 0 Å². The number of rotatable bonds is 7. The molecule has 0 spiro atoms. The van der Waals surface area contributed by atoms with Crippen molar-refractivity contribution in [2.45, 2.75) is 31.7 Å². The number of carbonyl (C=O) groups excluding carboxylic acids is 1. The van der Waals surface area contributed by atoms with E-state index in [2.05, 4.69) is 29.0 Å². The third kappa shape index (κ3) is 5.38. The molecule has 0 N–H and O–H groups in total.